The van der Waals surface area contributed by atoms with Gasteiger partial charge in [-0.2, -0.15) is 0 Å². The van der Waals surface area contributed by atoms with Crippen LogP contribution in [-0.4, -0.2) is 0 Å². The molecule has 0 aliphatic rings. The van der Waals surface area contributed by atoms with E-state index in [1.807, 2.05) is 43.3 Å². The number of hydrogen-bond donors (Lipinski definition) is 2. The molecule has 0 unspecified atom stereocenters. The number of allylic oxidation sites excluding steroid dienone is 7. The molecular weight excluding hydrogens is 364 g/mol. The van der Waals surface area contributed by atoms with Crippen LogP contribution in [0.4, 0.5) is 11.4 Å². The van der Waals surface area contributed by atoms with Gasteiger partial charge >= 0.3 is 0 Å². The molecule has 2 aromatic rings. The van der Waals surface area contributed by atoms with Crippen molar-refractivity contribution >= 4 is 11.4 Å². The Bertz CT molecular complexity index is 943. The topological polar surface area (TPSA) is 24.1 Å². The van der Waals surface area contributed by atoms with Gasteiger partial charge in [-0.05, 0) is 74.6 Å². The molecule has 30 heavy (non-hydrogen) atoms. The Morgan fingerprint density at radius 2 is 1.67 bits per heavy atom. The smallest absolute Gasteiger partial charge is 0.0383 e. The standard InChI is InChI=1S/C28H34N2/c1-7-9-10-24(8-2)11-13-26-14-12-25(19-22(26)5)20-23(6)30-28-17-15-27(16-18-28)29-21(3)4/h7-10,12,14-19,29-30H,1,3,6,11,13,20H2,2,4-5H3/b10-9-,24-8+. The van der Waals surface area contributed by atoms with Gasteiger partial charge in [-0.15, -0.1) is 0 Å². The van der Waals surface area contributed by atoms with Gasteiger partial charge in [0.25, 0.3) is 0 Å². The minimum absolute atomic E-state index is 0.801. The Balaban J connectivity index is 1.93. The van der Waals surface area contributed by atoms with Crippen molar-refractivity contribution in [1.29, 1.82) is 0 Å². The van der Waals surface area contributed by atoms with E-state index in [2.05, 4.69) is 74.6 Å². The summed E-state index contributed by atoms with van der Waals surface area (Å²) in [5.74, 6) is 0. The molecule has 2 N–H and O–H groups in total. The molecule has 0 spiro atoms. The van der Waals surface area contributed by atoms with Crippen molar-refractivity contribution in [2.75, 3.05) is 10.6 Å². The second kappa shape index (κ2) is 11.7. The average molecular weight is 399 g/mol. The fourth-order valence-corrected chi connectivity index (χ4v) is 3.32. The highest BCUT2D eigenvalue weighted by Gasteiger charge is 2.04. The first-order valence-corrected chi connectivity index (χ1v) is 10.4. The van der Waals surface area contributed by atoms with E-state index in [0.29, 0.717) is 0 Å². The number of anilines is 2. The van der Waals surface area contributed by atoms with Crippen LogP contribution in [0.2, 0.25) is 0 Å². The third-order valence-corrected chi connectivity index (χ3v) is 4.89. The third-order valence-electron chi connectivity index (χ3n) is 4.89. The molecule has 0 aliphatic heterocycles. The van der Waals surface area contributed by atoms with E-state index in [0.717, 1.165) is 42.0 Å². The summed E-state index contributed by atoms with van der Waals surface area (Å²) in [4.78, 5) is 0. The van der Waals surface area contributed by atoms with Gasteiger partial charge in [0.15, 0.2) is 0 Å². The van der Waals surface area contributed by atoms with Crippen molar-refractivity contribution in [3.05, 3.63) is 120 Å². The molecule has 2 aromatic carbocycles. The van der Waals surface area contributed by atoms with Gasteiger partial charge < -0.3 is 10.6 Å². The van der Waals surface area contributed by atoms with Gasteiger partial charge in [-0.1, -0.05) is 67.8 Å². The molecular formula is C28H34N2. The van der Waals surface area contributed by atoms with Gasteiger partial charge in [-0.3, -0.25) is 0 Å². The Morgan fingerprint density at radius 3 is 2.23 bits per heavy atom. The van der Waals surface area contributed by atoms with Crippen molar-refractivity contribution in [3.63, 3.8) is 0 Å². The van der Waals surface area contributed by atoms with Gasteiger partial charge in [0.1, 0.15) is 0 Å². The summed E-state index contributed by atoms with van der Waals surface area (Å²) < 4.78 is 0. The van der Waals surface area contributed by atoms with Crippen LogP contribution >= 0.6 is 0 Å². The predicted molar refractivity (Wildman–Crippen MR) is 134 cm³/mol. The van der Waals surface area contributed by atoms with E-state index in [9.17, 15) is 0 Å². The van der Waals surface area contributed by atoms with E-state index in [1.165, 1.54) is 22.3 Å². The summed E-state index contributed by atoms with van der Waals surface area (Å²) in [6, 6.07) is 14.9. The molecule has 0 atom stereocenters. The molecule has 0 aliphatic carbocycles. The lowest BCUT2D eigenvalue weighted by Gasteiger charge is -2.13. The van der Waals surface area contributed by atoms with Crippen LogP contribution in [-0.2, 0) is 12.8 Å². The summed E-state index contributed by atoms with van der Waals surface area (Å²) in [5.41, 5.74) is 9.30. The summed E-state index contributed by atoms with van der Waals surface area (Å²) in [5, 5.41) is 6.62. The van der Waals surface area contributed by atoms with E-state index >= 15 is 0 Å². The van der Waals surface area contributed by atoms with Crippen molar-refractivity contribution < 1.29 is 0 Å². The summed E-state index contributed by atoms with van der Waals surface area (Å²) in [6.07, 6.45) is 11.0. The van der Waals surface area contributed by atoms with Crippen LogP contribution in [0.15, 0.2) is 103 Å². The normalized spacial score (nSPS) is 11.4. The Hall–Kier alpha value is -3.26. The Kier molecular flexibility index (Phi) is 8.96. The fraction of sp³-hybridized carbons (Fsp3) is 0.214. The fourth-order valence-electron chi connectivity index (χ4n) is 3.32. The Morgan fingerprint density at radius 1 is 1.00 bits per heavy atom. The van der Waals surface area contributed by atoms with E-state index in [4.69, 9.17) is 0 Å². The highest BCUT2D eigenvalue weighted by atomic mass is 14.9. The molecule has 0 bridgehead atoms. The maximum atomic E-state index is 4.20. The first-order valence-electron chi connectivity index (χ1n) is 10.4. The molecule has 2 rings (SSSR count). The van der Waals surface area contributed by atoms with Crippen LogP contribution in [0.5, 0.6) is 0 Å². The molecule has 0 fully saturated rings. The molecule has 0 heterocycles. The molecule has 0 aromatic heterocycles. The molecule has 0 radical (unpaired) electrons. The van der Waals surface area contributed by atoms with Crippen LogP contribution in [0, 0.1) is 6.92 Å². The second-order valence-electron chi connectivity index (χ2n) is 7.61. The zero-order valence-corrected chi connectivity index (χ0v) is 18.6. The number of aryl methyl sites for hydroxylation is 2. The van der Waals surface area contributed by atoms with Crippen LogP contribution < -0.4 is 10.6 Å². The first kappa shape index (κ1) is 23.0. The molecule has 2 heteroatoms. The molecule has 0 saturated heterocycles. The van der Waals surface area contributed by atoms with Crippen LogP contribution in [0.25, 0.3) is 0 Å². The minimum Gasteiger partial charge on any atom is -0.360 e. The monoisotopic (exact) mass is 398 g/mol. The van der Waals surface area contributed by atoms with E-state index in [-0.39, 0.29) is 0 Å². The maximum Gasteiger partial charge on any atom is 0.0383 e. The van der Waals surface area contributed by atoms with Gasteiger partial charge in [0.05, 0.1) is 0 Å². The molecule has 2 nitrogen and oxygen atoms in total. The maximum absolute atomic E-state index is 4.20. The van der Waals surface area contributed by atoms with Gasteiger partial charge in [-0.25, -0.2) is 0 Å². The second-order valence-corrected chi connectivity index (χ2v) is 7.61. The minimum atomic E-state index is 0.801. The molecule has 0 amide bonds. The van der Waals surface area contributed by atoms with Crippen LogP contribution in [0.1, 0.15) is 37.0 Å². The lowest BCUT2D eigenvalue weighted by atomic mass is 9.97. The zero-order valence-electron chi connectivity index (χ0n) is 18.6. The van der Waals surface area contributed by atoms with E-state index in [1.54, 1.807) is 0 Å². The predicted octanol–water partition coefficient (Wildman–Crippen LogP) is 7.73. The van der Waals surface area contributed by atoms with Crippen molar-refractivity contribution in [2.24, 2.45) is 0 Å². The molecule has 0 saturated carbocycles. The summed E-state index contributed by atoms with van der Waals surface area (Å²) in [6.45, 7) is 18.0. The molecule has 156 valence electrons. The highest BCUT2D eigenvalue weighted by Crippen LogP contribution is 2.20. The summed E-state index contributed by atoms with van der Waals surface area (Å²) in [7, 11) is 0. The number of hydrogen-bond acceptors (Lipinski definition) is 2. The quantitative estimate of drug-likeness (QED) is 0.378. The summed E-state index contributed by atoms with van der Waals surface area (Å²) >= 11 is 0. The lowest BCUT2D eigenvalue weighted by molar-refractivity contribution is 0.948. The van der Waals surface area contributed by atoms with Crippen molar-refractivity contribution in [3.8, 4) is 0 Å². The lowest BCUT2D eigenvalue weighted by Crippen LogP contribution is -2.03. The van der Waals surface area contributed by atoms with Crippen molar-refractivity contribution in [1.82, 2.24) is 0 Å². The first-order chi connectivity index (χ1) is 14.4. The van der Waals surface area contributed by atoms with E-state index < -0.39 is 0 Å². The highest BCUT2D eigenvalue weighted by molar-refractivity contribution is 5.57. The average Bonchev–Trinajstić information content (AvgIpc) is 2.70. The SMILES string of the molecule is C=C/C=C\C(=C/C)CCc1ccc(CC(=C)Nc2ccc(NC(=C)C)cc2)cc1C. The van der Waals surface area contributed by atoms with Crippen molar-refractivity contribution in [2.45, 2.75) is 40.0 Å². The number of rotatable bonds is 11. The van der Waals surface area contributed by atoms with Gasteiger partial charge in [0, 0.05) is 29.2 Å². The largest absolute Gasteiger partial charge is 0.360 e. The van der Waals surface area contributed by atoms with Gasteiger partial charge in [0.2, 0.25) is 0 Å². The number of benzene rings is 2. The zero-order chi connectivity index (χ0) is 21.9. The third kappa shape index (κ3) is 7.63. The Labute approximate surface area is 182 Å². The van der Waals surface area contributed by atoms with Crippen LogP contribution in [0.3, 0.4) is 0 Å². The number of nitrogens with one attached hydrogen (secondary N) is 2.